The number of anilines is 1. The molecule has 2 heterocycles. The lowest BCUT2D eigenvalue weighted by molar-refractivity contribution is -0.116. The van der Waals surface area contributed by atoms with Crippen LogP contribution in [0, 0.1) is 13.8 Å². The third kappa shape index (κ3) is 3.15. The van der Waals surface area contributed by atoms with Crippen molar-refractivity contribution in [3.05, 3.63) is 35.5 Å². The molecular formula is C22H28N4O. The zero-order valence-electron chi connectivity index (χ0n) is 16.4. The first kappa shape index (κ1) is 17.8. The van der Waals surface area contributed by atoms with Gasteiger partial charge in [-0.3, -0.25) is 4.79 Å². The second-order valence-electron chi connectivity index (χ2n) is 7.64. The third-order valence-electron chi connectivity index (χ3n) is 5.81. The first-order chi connectivity index (χ1) is 13.1. The number of benzene rings is 1. The molecule has 5 nitrogen and oxygen atoms in total. The number of aromatic amines is 1. The molecule has 0 spiro atoms. The number of carbonyl (C=O) groups excluding carboxylic acids is 1. The number of fused-ring (bicyclic) bond motifs is 1. The molecule has 1 aliphatic carbocycles. The molecule has 4 rings (SSSR count). The molecule has 0 saturated heterocycles. The van der Waals surface area contributed by atoms with E-state index in [9.17, 15) is 4.79 Å². The van der Waals surface area contributed by atoms with Crippen molar-refractivity contribution in [3.63, 3.8) is 0 Å². The molecule has 1 saturated carbocycles. The van der Waals surface area contributed by atoms with Crippen LogP contribution >= 0.6 is 0 Å². The van der Waals surface area contributed by atoms with E-state index in [4.69, 9.17) is 4.98 Å². The van der Waals surface area contributed by atoms with Gasteiger partial charge >= 0.3 is 0 Å². The molecule has 142 valence electrons. The Morgan fingerprint density at radius 2 is 2.00 bits per heavy atom. The average molecular weight is 364 g/mol. The Bertz CT molecular complexity index is 943. The minimum absolute atomic E-state index is 0.0756. The summed E-state index contributed by atoms with van der Waals surface area (Å²) >= 11 is 0. The molecular weight excluding hydrogens is 336 g/mol. The van der Waals surface area contributed by atoms with E-state index in [-0.39, 0.29) is 5.91 Å². The maximum absolute atomic E-state index is 12.5. The Kier molecular flexibility index (Phi) is 4.77. The number of H-pyrrole nitrogens is 1. The van der Waals surface area contributed by atoms with Gasteiger partial charge in [0.2, 0.25) is 5.91 Å². The van der Waals surface area contributed by atoms with Gasteiger partial charge in [-0.15, -0.1) is 0 Å². The van der Waals surface area contributed by atoms with E-state index in [1.807, 2.05) is 31.2 Å². The molecule has 0 aliphatic heterocycles. The van der Waals surface area contributed by atoms with Crippen LogP contribution in [-0.2, 0) is 4.79 Å². The summed E-state index contributed by atoms with van der Waals surface area (Å²) in [5.74, 6) is 1.82. The minimum atomic E-state index is 0.0756. The lowest BCUT2D eigenvalue weighted by atomic mass is 10.1. The zero-order chi connectivity index (χ0) is 19.0. The summed E-state index contributed by atoms with van der Waals surface area (Å²) in [6.45, 7) is 6.33. The fraction of sp³-hybridized carbons (Fsp3) is 0.455. The van der Waals surface area contributed by atoms with Crippen molar-refractivity contribution in [1.82, 2.24) is 14.5 Å². The largest absolute Gasteiger partial charge is 0.338 e. The topological polar surface area (TPSA) is 62.7 Å². The highest BCUT2D eigenvalue weighted by molar-refractivity contribution is 5.96. The number of hydrogen-bond acceptors (Lipinski definition) is 2. The quantitative estimate of drug-likeness (QED) is 0.628. The highest BCUT2D eigenvalue weighted by atomic mass is 16.1. The third-order valence-corrected chi connectivity index (χ3v) is 5.81. The summed E-state index contributed by atoms with van der Waals surface area (Å²) in [5, 5.41) is 3.23. The highest BCUT2D eigenvalue weighted by Crippen LogP contribution is 2.42. The number of amides is 1. The van der Waals surface area contributed by atoms with E-state index in [0.29, 0.717) is 12.5 Å². The van der Waals surface area contributed by atoms with Gasteiger partial charge in [-0.25, -0.2) is 4.98 Å². The maximum atomic E-state index is 12.5. The first-order valence-electron chi connectivity index (χ1n) is 10.1. The lowest BCUT2D eigenvalue weighted by Gasteiger charge is -2.19. The van der Waals surface area contributed by atoms with Crippen LogP contribution < -0.4 is 5.32 Å². The van der Waals surface area contributed by atoms with Crippen molar-refractivity contribution in [3.8, 4) is 11.4 Å². The van der Waals surface area contributed by atoms with Crippen LogP contribution in [0.1, 0.15) is 62.7 Å². The molecule has 2 aromatic heterocycles. The number of carbonyl (C=O) groups is 1. The van der Waals surface area contributed by atoms with E-state index in [2.05, 4.69) is 28.7 Å². The van der Waals surface area contributed by atoms with Gasteiger partial charge in [-0.2, -0.15) is 0 Å². The van der Waals surface area contributed by atoms with Gasteiger partial charge in [0.15, 0.2) is 0 Å². The van der Waals surface area contributed by atoms with Gasteiger partial charge in [0.25, 0.3) is 0 Å². The number of hydrogen-bond donors (Lipinski definition) is 2. The Morgan fingerprint density at radius 3 is 2.70 bits per heavy atom. The molecule has 1 aliphatic rings. The fourth-order valence-electron chi connectivity index (χ4n) is 4.35. The second-order valence-corrected chi connectivity index (χ2v) is 7.64. The Morgan fingerprint density at radius 1 is 1.26 bits per heavy atom. The zero-order valence-corrected chi connectivity index (χ0v) is 16.4. The van der Waals surface area contributed by atoms with Gasteiger partial charge in [0.05, 0.1) is 16.6 Å². The van der Waals surface area contributed by atoms with Crippen LogP contribution in [-0.4, -0.2) is 20.4 Å². The van der Waals surface area contributed by atoms with Gasteiger partial charge in [-0.05, 0) is 50.8 Å². The SMILES string of the molecule is CCCC(=O)Nc1c(-c2nc3ccccc3[nH]2)c(C)c(C)n1C1CCCC1. The van der Waals surface area contributed by atoms with Crippen LogP contribution in [0.5, 0.6) is 0 Å². The Labute approximate surface area is 160 Å². The number of nitrogens with zero attached hydrogens (tertiary/aromatic N) is 2. The predicted molar refractivity (Wildman–Crippen MR) is 110 cm³/mol. The molecule has 0 radical (unpaired) electrons. The van der Waals surface area contributed by atoms with Crippen LogP contribution in [0.25, 0.3) is 22.4 Å². The Balaban J connectivity index is 1.88. The lowest BCUT2D eigenvalue weighted by Crippen LogP contribution is -2.17. The normalized spacial score (nSPS) is 14.9. The Hall–Kier alpha value is -2.56. The van der Waals surface area contributed by atoms with Crippen molar-refractivity contribution >= 4 is 22.8 Å². The van der Waals surface area contributed by atoms with E-state index >= 15 is 0 Å². The van der Waals surface area contributed by atoms with Crippen molar-refractivity contribution in [2.45, 2.75) is 65.3 Å². The van der Waals surface area contributed by atoms with Gasteiger partial charge in [-0.1, -0.05) is 31.9 Å². The molecule has 1 fully saturated rings. The number of nitrogens with one attached hydrogen (secondary N) is 2. The summed E-state index contributed by atoms with van der Waals surface area (Å²) in [5.41, 5.74) is 5.41. The average Bonchev–Trinajstić information content (AvgIpc) is 3.35. The first-order valence-corrected chi connectivity index (χ1v) is 10.1. The van der Waals surface area contributed by atoms with Crippen LogP contribution in [0.3, 0.4) is 0 Å². The van der Waals surface area contributed by atoms with Gasteiger partial charge in [0.1, 0.15) is 11.6 Å². The molecule has 5 heteroatoms. The van der Waals surface area contributed by atoms with E-state index in [0.717, 1.165) is 34.7 Å². The number of imidazole rings is 1. The second kappa shape index (κ2) is 7.22. The van der Waals surface area contributed by atoms with E-state index in [1.165, 1.54) is 36.9 Å². The van der Waals surface area contributed by atoms with Gasteiger partial charge in [0, 0.05) is 18.2 Å². The summed E-state index contributed by atoms with van der Waals surface area (Å²) in [6.07, 6.45) is 6.23. The van der Waals surface area contributed by atoms with E-state index < -0.39 is 0 Å². The molecule has 1 aromatic carbocycles. The van der Waals surface area contributed by atoms with Crippen molar-refractivity contribution in [2.24, 2.45) is 0 Å². The fourth-order valence-corrected chi connectivity index (χ4v) is 4.35. The van der Waals surface area contributed by atoms with Crippen molar-refractivity contribution in [2.75, 3.05) is 5.32 Å². The minimum Gasteiger partial charge on any atom is -0.338 e. The molecule has 27 heavy (non-hydrogen) atoms. The summed E-state index contributed by atoms with van der Waals surface area (Å²) in [4.78, 5) is 20.8. The smallest absolute Gasteiger partial charge is 0.225 e. The number of aromatic nitrogens is 3. The monoisotopic (exact) mass is 364 g/mol. The maximum Gasteiger partial charge on any atom is 0.225 e. The molecule has 0 bridgehead atoms. The summed E-state index contributed by atoms with van der Waals surface area (Å²) in [7, 11) is 0. The molecule has 0 unspecified atom stereocenters. The summed E-state index contributed by atoms with van der Waals surface area (Å²) < 4.78 is 2.36. The standard InChI is InChI=1S/C22H28N4O/c1-4-9-19(27)25-22-20(21-23-17-12-7-8-13-18(17)24-21)14(2)15(3)26(22)16-10-5-6-11-16/h7-8,12-13,16H,4-6,9-11H2,1-3H3,(H,23,24)(H,25,27). The molecule has 2 N–H and O–H groups in total. The van der Waals surface area contributed by atoms with Gasteiger partial charge < -0.3 is 14.9 Å². The predicted octanol–water partition coefficient (Wildman–Crippen LogP) is 5.50. The van der Waals surface area contributed by atoms with Crippen LogP contribution in [0.15, 0.2) is 24.3 Å². The molecule has 1 amide bonds. The number of para-hydroxylation sites is 2. The van der Waals surface area contributed by atoms with Crippen LogP contribution in [0.2, 0.25) is 0 Å². The van der Waals surface area contributed by atoms with E-state index in [1.54, 1.807) is 0 Å². The highest BCUT2D eigenvalue weighted by Gasteiger charge is 2.28. The molecule has 0 atom stereocenters. The molecule has 3 aromatic rings. The summed E-state index contributed by atoms with van der Waals surface area (Å²) in [6, 6.07) is 8.52. The van der Waals surface area contributed by atoms with Crippen LogP contribution in [0.4, 0.5) is 5.82 Å². The van der Waals surface area contributed by atoms with Crippen molar-refractivity contribution < 1.29 is 4.79 Å². The number of rotatable bonds is 5. The van der Waals surface area contributed by atoms with Crippen molar-refractivity contribution in [1.29, 1.82) is 0 Å².